The average Bonchev–Trinajstić information content (AvgIpc) is 2.43. The van der Waals surface area contributed by atoms with Crippen LogP contribution in [0.5, 0.6) is 0 Å². The van der Waals surface area contributed by atoms with Crippen LogP contribution in [0.3, 0.4) is 0 Å². The van der Waals surface area contributed by atoms with Gasteiger partial charge in [-0.3, -0.25) is 4.98 Å². The first-order valence-electron chi connectivity index (χ1n) is 6.41. The highest BCUT2D eigenvalue weighted by molar-refractivity contribution is 5.78. The largest absolute Gasteiger partial charge is 0.388 e. The molecule has 1 heterocycles. The fraction of sp³-hybridized carbons (Fsp3) is 0.400. The Morgan fingerprint density at radius 1 is 1.33 bits per heavy atom. The number of rotatable bonds is 6. The van der Waals surface area contributed by atoms with Gasteiger partial charge >= 0.3 is 0 Å². The summed E-state index contributed by atoms with van der Waals surface area (Å²) >= 11 is 0. The van der Waals surface area contributed by atoms with E-state index >= 15 is 0 Å². The molecule has 2 aromatic rings. The van der Waals surface area contributed by atoms with E-state index in [0.717, 1.165) is 29.5 Å². The Bertz CT molecular complexity index is 499. The van der Waals surface area contributed by atoms with Gasteiger partial charge in [0.1, 0.15) is 0 Å². The first-order valence-corrected chi connectivity index (χ1v) is 6.41. The number of aliphatic hydroxyl groups is 1. The summed E-state index contributed by atoms with van der Waals surface area (Å²) in [6.45, 7) is 3.41. The first-order chi connectivity index (χ1) is 8.81. The van der Waals surface area contributed by atoms with Crippen molar-refractivity contribution in [2.75, 3.05) is 13.2 Å². The molecule has 0 aliphatic rings. The van der Waals surface area contributed by atoms with Gasteiger partial charge in [0.2, 0.25) is 0 Å². The Morgan fingerprint density at radius 2 is 2.17 bits per heavy atom. The third-order valence-corrected chi connectivity index (χ3v) is 2.97. The van der Waals surface area contributed by atoms with Gasteiger partial charge in [-0.2, -0.15) is 0 Å². The van der Waals surface area contributed by atoms with Crippen molar-refractivity contribution in [1.29, 1.82) is 0 Å². The van der Waals surface area contributed by atoms with Crippen LogP contribution in [0.15, 0.2) is 36.5 Å². The van der Waals surface area contributed by atoms with Crippen LogP contribution < -0.4 is 0 Å². The van der Waals surface area contributed by atoms with E-state index in [9.17, 15) is 5.11 Å². The standard InChI is InChI=1S/C15H19NO2/c1-2-18-9-5-8-15(17)13-10-12-6-3-4-7-14(12)16-11-13/h3-4,6-7,10-11,15,17H,2,5,8-9H2,1H3. The van der Waals surface area contributed by atoms with E-state index in [-0.39, 0.29) is 0 Å². The predicted molar refractivity (Wildman–Crippen MR) is 72.4 cm³/mol. The lowest BCUT2D eigenvalue weighted by molar-refractivity contribution is 0.114. The molecule has 0 amide bonds. The van der Waals surface area contributed by atoms with E-state index < -0.39 is 6.10 Å². The van der Waals surface area contributed by atoms with Crippen molar-refractivity contribution in [3.63, 3.8) is 0 Å². The van der Waals surface area contributed by atoms with Crippen molar-refractivity contribution >= 4 is 10.9 Å². The lowest BCUT2D eigenvalue weighted by atomic mass is 10.0. The monoisotopic (exact) mass is 245 g/mol. The van der Waals surface area contributed by atoms with Crippen molar-refractivity contribution < 1.29 is 9.84 Å². The fourth-order valence-electron chi connectivity index (χ4n) is 1.96. The lowest BCUT2D eigenvalue weighted by Gasteiger charge is -2.11. The van der Waals surface area contributed by atoms with Gasteiger partial charge < -0.3 is 9.84 Å². The molecule has 0 saturated carbocycles. The topological polar surface area (TPSA) is 42.4 Å². The van der Waals surface area contributed by atoms with Gasteiger partial charge in [0.05, 0.1) is 11.6 Å². The number of pyridine rings is 1. The summed E-state index contributed by atoms with van der Waals surface area (Å²) in [7, 11) is 0. The number of hydrogen-bond acceptors (Lipinski definition) is 3. The van der Waals surface area contributed by atoms with Gasteiger partial charge in [-0.05, 0) is 37.5 Å². The first kappa shape index (κ1) is 13.0. The fourth-order valence-corrected chi connectivity index (χ4v) is 1.96. The van der Waals surface area contributed by atoms with Gasteiger partial charge in [0.25, 0.3) is 0 Å². The van der Waals surface area contributed by atoms with Crippen molar-refractivity contribution in [3.05, 3.63) is 42.1 Å². The van der Waals surface area contributed by atoms with Crippen LogP contribution in [0.25, 0.3) is 10.9 Å². The molecule has 0 fully saturated rings. The molecule has 0 aliphatic heterocycles. The van der Waals surface area contributed by atoms with E-state index in [4.69, 9.17) is 4.74 Å². The molecule has 1 unspecified atom stereocenters. The molecule has 18 heavy (non-hydrogen) atoms. The second-order valence-corrected chi connectivity index (χ2v) is 4.32. The van der Waals surface area contributed by atoms with Crippen LogP contribution in [0.4, 0.5) is 0 Å². The number of hydrogen-bond donors (Lipinski definition) is 1. The maximum atomic E-state index is 10.1. The van der Waals surface area contributed by atoms with E-state index in [1.807, 2.05) is 37.3 Å². The number of fused-ring (bicyclic) bond motifs is 1. The highest BCUT2D eigenvalue weighted by Crippen LogP contribution is 2.21. The highest BCUT2D eigenvalue weighted by Gasteiger charge is 2.08. The third kappa shape index (κ3) is 3.28. The second kappa shape index (κ2) is 6.47. The van der Waals surface area contributed by atoms with Crippen LogP contribution in [-0.4, -0.2) is 23.3 Å². The van der Waals surface area contributed by atoms with Gasteiger partial charge in [0, 0.05) is 24.8 Å². The van der Waals surface area contributed by atoms with E-state index in [1.54, 1.807) is 6.20 Å². The minimum Gasteiger partial charge on any atom is -0.388 e. The molecule has 1 N–H and O–H groups in total. The Hall–Kier alpha value is -1.45. The molecule has 0 spiro atoms. The minimum atomic E-state index is -0.456. The number of ether oxygens (including phenoxy) is 1. The predicted octanol–water partition coefficient (Wildman–Crippen LogP) is 3.08. The van der Waals surface area contributed by atoms with Crippen LogP contribution in [-0.2, 0) is 4.74 Å². The molecular formula is C15H19NO2. The van der Waals surface area contributed by atoms with Crippen molar-refractivity contribution in [3.8, 4) is 0 Å². The highest BCUT2D eigenvalue weighted by atomic mass is 16.5. The zero-order valence-electron chi connectivity index (χ0n) is 10.7. The Labute approximate surface area is 107 Å². The van der Waals surface area contributed by atoms with Gasteiger partial charge in [-0.1, -0.05) is 18.2 Å². The van der Waals surface area contributed by atoms with Crippen molar-refractivity contribution in [2.45, 2.75) is 25.9 Å². The van der Waals surface area contributed by atoms with Crippen molar-refractivity contribution in [2.24, 2.45) is 0 Å². The molecule has 3 nitrogen and oxygen atoms in total. The summed E-state index contributed by atoms with van der Waals surface area (Å²) in [5.74, 6) is 0. The molecule has 1 aromatic carbocycles. The summed E-state index contributed by atoms with van der Waals surface area (Å²) < 4.78 is 5.26. The average molecular weight is 245 g/mol. The number of aliphatic hydroxyl groups excluding tert-OH is 1. The Kier molecular flexibility index (Phi) is 4.67. The Balaban J connectivity index is 2.01. The number of para-hydroxylation sites is 1. The maximum Gasteiger partial charge on any atom is 0.0806 e. The molecule has 2 rings (SSSR count). The van der Waals surface area contributed by atoms with Gasteiger partial charge in [-0.15, -0.1) is 0 Å². The molecule has 3 heteroatoms. The summed E-state index contributed by atoms with van der Waals surface area (Å²) in [5.41, 5.74) is 1.84. The van der Waals surface area contributed by atoms with Gasteiger partial charge in [0.15, 0.2) is 0 Å². The Morgan fingerprint density at radius 3 is 3.00 bits per heavy atom. The summed E-state index contributed by atoms with van der Waals surface area (Å²) in [6.07, 6.45) is 2.87. The number of nitrogens with zero attached hydrogens (tertiary/aromatic N) is 1. The molecule has 96 valence electrons. The molecule has 0 saturated heterocycles. The van der Waals surface area contributed by atoms with E-state index in [1.165, 1.54) is 0 Å². The number of aromatic nitrogens is 1. The molecular weight excluding hydrogens is 226 g/mol. The summed E-state index contributed by atoms with van der Waals surface area (Å²) in [6, 6.07) is 9.94. The SMILES string of the molecule is CCOCCCC(O)c1cnc2ccccc2c1. The third-order valence-electron chi connectivity index (χ3n) is 2.97. The smallest absolute Gasteiger partial charge is 0.0806 e. The van der Waals surface area contributed by atoms with Gasteiger partial charge in [-0.25, -0.2) is 0 Å². The molecule has 0 bridgehead atoms. The molecule has 1 atom stereocenters. The number of benzene rings is 1. The molecule has 0 radical (unpaired) electrons. The normalized spacial score (nSPS) is 12.8. The second-order valence-electron chi connectivity index (χ2n) is 4.32. The summed E-state index contributed by atoms with van der Waals surface area (Å²) in [4.78, 5) is 4.36. The minimum absolute atomic E-state index is 0.456. The van der Waals surface area contributed by atoms with Crippen LogP contribution in [0, 0.1) is 0 Å². The molecule has 1 aromatic heterocycles. The van der Waals surface area contributed by atoms with E-state index in [0.29, 0.717) is 13.0 Å². The van der Waals surface area contributed by atoms with E-state index in [2.05, 4.69) is 4.98 Å². The maximum absolute atomic E-state index is 10.1. The zero-order chi connectivity index (χ0) is 12.8. The quantitative estimate of drug-likeness (QED) is 0.795. The summed E-state index contributed by atoms with van der Waals surface area (Å²) in [5, 5.41) is 11.2. The van der Waals surface area contributed by atoms with Crippen LogP contribution in [0.2, 0.25) is 0 Å². The lowest BCUT2D eigenvalue weighted by Crippen LogP contribution is -2.01. The molecule has 0 aliphatic carbocycles. The van der Waals surface area contributed by atoms with Crippen LogP contribution in [0.1, 0.15) is 31.4 Å². The van der Waals surface area contributed by atoms with Crippen molar-refractivity contribution in [1.82, 2.24) is 4.98 Å². The van der Waals surface area contributed by atoms with Crippen LogP contribution >= 0.6 is 0 Å². The zero-order valence-corrected chi connectivity index (χ0v) is 10.7.